The SMILES string of the molecule is c1ccc2c(c1)-c1ccccc1C21c2ccccc2-c2c(N(c3ccc(-c4ccc5c6ccccc6c6ccccc6c5c4)cc3)c3ccc4c5ccccc5c5ccccc5c4c3)cccc21. The minimum atomic E-state index is -0.450. The van der Waals surface area contributed by atoms with Crippen molar-refractivity contribution in [3.8, 4) is 33.4 Å². The second-order valence-corrected chi connectivity index (χ2v) is 18.6. The molecule has 1 nitrogen and oxygen atoms in total. The lowest BCUT2D eigenvalue weighted by Crippen LogP contribution is -2.26. The van der Waals surface area contributed by atoms with Crippen LogP contribution in [-0.4, -0.2) is 0 Å². The van der Waals surface area contributed by atoms with Gasteiger partial charge < -0.3 is 4.90 Å². The van der Waals surface area contributed by atoms with Gasteiger partial charge in [0.25, 0.3) is 0 Å². The predicted octanol–water partition coefficient (Wildman–Crippen LogP) is 18.1. The third-order valence-electron chi connectivity index (χ3n) is 15.4. The zero-order chi connectivity index (χ0) is 44.5. The van der Waals surface area contributed by atoms with Gasteiger partial charge in [0.05, 0.1) is 11.1 Å². The quantitative estimate of drug-likeness (QED) is 0.159. The van der Waals surface area contributed by atoms with E-state index in [0.717, 1.165) is 17.1 Å². The van der Waals surface area contributed by atoms with Gasteiger partial charge in [-0.25, -0.2) is 0 Å². The van der Waals surface area contributed by atoms with Gasteiger partial charge >= 0.3 is 0 Å². The molecule has 0 heterocycles. The summed E-state index contributed by atoms with van der Waals surface area (Å²) in [5, 5.41) is 15.3. The van der Waals surface area contributed by atoms with Gasteiger partial charge in [0.15, 0.2) is 0 Å². The van der Waals surface area contributed by atoms with Crippen molar-refractivity contribution in [2.75, 3.05) is 4.90 Å². The predicted molar refractivity (Wildman–Crippen MR) is 288 cm³/mol. The monoisotopic (exact) mass is 859 g/mol. The lowest BCUT2D eigenvalue weighted by molar-refractivity contribution is 0.794. The van der Waals surface area contributed by atoms with E-state index in [9.17, 15) is 0 Å². The van der Waals surface area contributed by atoms with Crippen molar-refractivity contribution in [1.82, 2.24) is 0 Å². The molecule has 0 unspecified atom stereocenters. The van der Waals surface area contributed by atoms with Crippen LogP contribution in [0.5, 0.6) is 0 Å². The molecule has 0 fully saturated rings. The van der Waals surface area contributed by atoms with Crippen molar-refractivity contribution in [1.29, 1.82) is 0 Å². The third-order valence-corrected chi connectivity index (χ3v) is 15.4. The molecule has 0 aromatic heterocycles. The maximum absolute atomic E-state index is 2.52. The summed E-state index contributed by atoms with van der Waals surface area (Å²) in [5.41, 5.74) is 15.9. The number of hydrogen-bond donors (Lipinski definition) is 0. The molecule has 13 aromatic rings. The van der Waals surface area contributed by atoms with Gasteiger partial charge in [-0.2, -0.15) is 0 Å². The molecule has 1 heteroatoms. The highest BCUT2D eigenvalue weighted by Crippen LogP contribution is 2.64. The van der Waals surface area contributed by atoms with Gasteiger partial charge in [0, 0.05) is 16.9 Å². The molecule has 0 radical (unpaired) electrons. The minimum absolute atomic E-state index is 0.450. The van der Waals surface area contributed by atoms with Crippen molar-refractivity contribution in [2.24, 2.45) is 0 Å². The van der Waals surface area contributed by atoms with Crippen LogP contribution in [-0.2, 0) is 5.41 Å². The first-order valence-corrected chi connectivity index (χ1v) is 23.8. The summed E-state index contributed by atoms with van der Waals surface area (Å²) in [6, 6.07) is 93.2. The first-order valence-electron chi connectivity index (χ1n) is 23.8. The molecule has 15 rings (SSSR count). The third kappa shape index (κ3) is 5.00. The van der Waals surface area contributed by atoms with Gasteiger partial charge in [-0.1, -0.05) is 212 Å². The van der Waals surface area contributed by atoms with Crippen LogP contribution in [0, 0.1) is 0 Å². The highest BCUT2D eigenvalue weighted by Gasteiger charge is 2.52. The Bertz CT molecular complexity index is 4160. The molecule has 13 aromatic carbocycles. The molecule has 2 aliphatic carbocycles. The molecule has 0 atom stereocenters. The van der Waals surface area contributed by atoms with Crippen LogP contribution in [0.25, 0.3) is 98.0 Å². The lowest BCUT2D eigenvalue weighted by Gasteiger charge is -2.32. The van der Waals surface area contributed by atoms with E-state index < -0.39 is 5.41 Å². The molecule has 0 N–H and O–H groups in total. The number of hydrogen-bond acceptors (Lipinski definition) is 1. The average molecular weight is 860 g/mol. The maximum Gasteiger partial charge on any atom is 0.0726 e. The molecular formula is C67H41N. The summed E-state index contributed by atoms with van der Waals surface area (Å²) in [6.45, 7) is 0. The van der Waals surface area contributed by atoms with Gasteiger partial charge in [-0.3, -0.25) is 0 Å². The summed E-state index contributed by atoms with van der Waals surface area (Å²) < 4.78 is 0. The minimum Gasteiger partial charge on any atom is -0.310 e. The van der Waals surface area contributed by atoms with E-state index in [4.69, 9.17) is 0 Å². The Kier molecular flexibility index (Phi) is 7.77. The Morgan fingerprint density at radius 3 is 1.13 bits per heavy atom. The summed E-state index contributed by atoms with van der Waals surface area (Å²) in [6.07, 6.45) is 0. The Hall–Kier alpha value is -8.78. The van der Waals surface area contributed by atoms with E-state index in [1.165, 1.54) is 120 Å². The zero-order valence-corrected chi connectivity index (χ0v) is 37.1. The number of benzene rings is 13. The zero-order valence-electron chi connectivity index (χ0n) is 37.1. The Morgan fingerprint density at radius 2 is 0.603 bits per heavy atom. The number of rotatable bonds is 4. The topological polar surface area (TPSA) is 3.24 Å². The lowest BCUT2D eigenvalue weighted by atomic mass is 9.70. The van der Waals surface area contributed by atoms with Crippen LogP contribution in [0.15, 0.2) is 249 Å². The van der Waals surface area contributed by atoms with E-state index in [-0.39, 0.29) is 0 Å². The van der Waals surface area contributed by atoms with Crippen LogP contribution in [0.4, 0.5) is 17.1 Å². The van der Waals surface area contributed by atoms with E-state index >= 15 is 0 Å². The highest BCUT2D eigenvalue weighted by molar-refractivity contribution is 6.27. The fourth-order valence-corrected chi connectivity index (χ4v) is 12.7. The first-order chi connectivity index (χ1) is 33.8. The molecule has 1 spiro atoms. The van der Waals surface area contributed by atoms with E-state index in [0.29, 0.717) is 0 Å². The molecule has 68 heavy (non-hydrogen) atoms. The molecule has 0 bridgehead atoms. The van der Waals surface area contributed by atoms with Crippen LogP contribution in [0.3, 0.4) is 0 Å². The van der Waals surface area contributed by atoms with Crippen molar-refractivity contribution < 1.29 is 0 Å². The second-order valence-electron chi connectivity index (χ2n) is 18.6. The highest BCUT2D eigenvalue weighted by atomic mass is 15.1. The second kappa shape index (κ2) is 14.1. The number of fused-ring (bicyclic) bond motifs is 22. The fourth-order valence-electron chi connectivity index (χ4n) is 12.7. The van der Waals surface area contributed by atoms with Gasteiger partial charge in [-0.15, -0.1) is 0 Å². The first kappa shape index (κ1) is 37.4. The van der Waals surface area contributed by atoms with Crippen LogP contribution < -0.4 is 4.90 Å². The van der Waals surface area contributed by atoms with Crippen LogP contribution in [0.2, 0.25) is 0 Å². The van der Waals surface area contributed by atoms with Crippen molar-refractivity contribution in [3.05, 3.63) is 271 Å². The van der Waals surface area contributed by atoms with Crippen molar-refractivity contribution in [2.45, 2.75) is 5.41 Å². The van der Waals surface area contributed by atoms with Gasteiger partial charge in [-0.05, 0) is 151 Å². The average Bonchev–Trinajstić information content (AvgIpc) is 3.89. The van der Waals surface area contributed by atoms with Crippen molar-refractivity contribution >= 4 is 81.7 Å². The molecule has 314 valence electrons. The summed E-state index contributed by atoms with van der Waals surface area (Å²) in [4.78, 5) is 2.52. The van der Waals surface area contributed by atoms with E-state index in [1.54, 1.807) is 0 Å². The molecule has 0 saturated heterocycles. The summed E-state index contributed by atoms with van der Waals surface area (Å²) in [7, 11) is 0. The molecule has 0 saturated carbocycles. The summed E-state index contributed by atoms with van der Waals surface area (Å²) >= 11 is 0. The van der Waals surface area contributed by atoms with Crippen LogP contribution in [0.1, 0.15) is 22.3 Å². The fraction of sp³-hybridized carbons (Fsp3) is 0.0149. The van der Waals surface area contributed by atoms with Crippen molar-refractivity contribution in [3.63, 3.8) is 0 Å². The Balaban J connectivity index is 0.974. The molecule has 0 aliphatic heterocycles. The largest absolute Gasteiger partial charge is 0.310 e. The normalized spacial score (nSPS) is 13.1. The standard InChI is InChI=1S/C67H41N/c1-3-20-50-46(16-1)48-18-5-7-22-52(48)59-40-43(34-38-54(50)59)42-32-35-44(36-33-42)68(45-37-39-55-51-21-4-2-17-47(51)49-19-6-8-23-53(49)60(55)41-45)65-31-15-30-64-66(65)58-26-11-14-29-63(58)67(64)61-27-12-9-24-56(61)57-25-10-13-28-62(57)67/h1-41H. The van der Waals surface area contributed by atoms with E-state index in [1.807, 2.05) is 0 Å². The molecule has 0 amide bonds. The maximum atomic E-state index is 2.52. The molecular weight excluding hydrogens is 819 g/mol. The van der Waals surface area contributed by atoms with Gasteiger partial charge in [0.2, 0.25) is 0 Å². The smallest absolute Gasteiger partial charge is 0.0726 e. The summed E-state index contributed by atoms with van der Waals surface area (Å²) in [5.74, 6) is 0. The van der Waals surface area contributed by atoms with Gasteiger partial charge in [0.1, 0.15) is 0 Å². The van der Waals surface area contributed by atoms with Crippen LogP contribution >= 0.6 is 0 Å². The Morgan fingerprint density at radius 1 is 0.235 bits per heavy atom. The number of anilines is 3. The van der Waals surface area contributed by atoms with E-state index in [2.05, 4.69) is 254 Å². The number of nitrogens with zero attached hydrogens (tertiary/aromatic N) is 1. The Labute approximate surface area is 394 Å². The molecule has 2 aliphatic rings.